The first-order chi connectivity index (χ1) is 7.31. The average molecular weight is 227 g/mol. The molecule has 0 saturated carbocycles. The molecule has 1 aromatic heterocycles. The fraction of sp³-hybridized carbons (Fsp3) is 0.625. The number of nitrogens with zero attached hydrogens (tertiary/aromatic N) is 3. The molecule has 0 unspecified atom stereocenters. The van der Waals surface area contributed by atoms with Crippen LogP contribution in [0.3, 0.4) is 0 Å². The maximum atomic E-state index is 11.5. The summed E-state index contributed by atoms with van der Waals surface area (Å²) in [6, 6.07) is 0. The quantitative estimate of drug-likeness (QED) is 0.574. The molecule has 15 heavy (non-hydrogen) atoms. The summed E-state index contributed by atoms with van der Waals surface area (Å²) in [5, 5.41) is 4.68. The van der Waals surface area contributed by atoms with Gasteiger partial charge in [-0.15, -0.1) is 5.10 Å². The normalized spacial score (nSPS) is 16.9. The number of hydrogen-bond donors (Lipinski definition) is 2. The predicted octanol–water partition coefficient (Wildman–Crippen LogP) is 0.336. The van der Waals surface area contributed by atoms with E-state index in [1.165, 1.54) is 11.5 Å². The minimum Gasteiger partial charge on any atom is -0.337 e. The van der Waals surface area contributed by atoms with Gasteiger partial charge in [0, 0.05) is 24.5 Å². The summed E-state index contributed by atoms with van der Waals surface area (Å²) >= 11 is 1.20. The summed E-state index contributed by atoms with van der Waals surface area (Å²) in [5.74, 6) is 5.50. The molecule has 0 aromatic carbocycles. The van der Waals surface area contributed by atoms with Crippen molar-refractivity contribution >= 4 is 22.4 Å². The second kappa shape index (κ2) is 4.54. The Hall–Kier alpha value is -1.21. The van der Waals surface area contributed by atoms with Gasteiger partial charge < -0.3 is 10.3 Å². The van der Waals surface area contributed by atoms with Gasteiger partial charge in [-0.25, -0.2) is 5.84 Å². The number of anilines is 1. The third-order valence-electron chi connectivity index (χ3n) is 2.45. The first-order valence-electron chi connectivity index (χ1n) is 4.87. The Labute approximate surface area is 91.6 Å². The Bertz CT molecular complexity index is 353. The molecular formula is C8H13N5OS. The maximum Gasteiger partial charge on any atom is 0.222 e. The molecule has 6 nitrogen and oxygen atoms in total. The van der Waals surface area contributed by atoms with E-state index in [-0.39, 0.29) is 5.91 Å². The monoisotopic (exact) mass is 227 g/mol. The minimum atomic E-state index is 0.192. The Morgan fingerprint density at radius 2 is 2.40 bits per heavy atom. The highest BCUT2D eigenvalue weighted by molar-refractivity contribution is 7.10. The van der Waals surface area contributed by atoms with Crippen LogP contribution in [0.5, 0.6) is 0 Å². The zero-order chi connectivity index (χ0) is 10.7. The molecule has 2 heterocycles. The van der Waals surface area contributed by atoms with Gasteiger partial charge in [0.2, 0.25) is 5.91 Å². The van der Waals surface area contributed by atoms with Crippen molar-refractivity contribution in [3.63, 3.8) is 0 Å². The van der Waals surface area contributed by atoms with Crippen molar-refractivity contribution in [1.82, 2.24) is 14.5 Å². The van der Waals surface area contributed by atoms with Crippen LogP contribution >= 0.6 is 11.5 Å². The van der Waals surface area contributed by atoms with Gasteiger partial charge in [-0.3, -0.25) is 4.79 Å². The highest BCUT2D eigenvalue weighted by atomic mass is 32.1. The summed E-state index contributed by atoms with van der Waals surface area (Å²) in [6.07, 6.45) is 2.70. The van der Waals surface area contributed by atoms with E-state index in [9.17, 15) is 4.79 Å². The average Bonchev–Trinajstić information content (AvgIpc) is 2.69. The van der Waals surface area contributed by atoms with Gasteiger partial charge in [0.25, 0.3) is 0 Å². The SMILES string of the molecule is NNc1snnc1CN1CCCCC1=O. The lowest BCUT2D eigenvalue weighted by atomic mass is 10.1. The van der Waals surface area contributed by atoms with Crippen LogP contribution in [0.1, 0.15) is 25.0 Å². The van der Waals surface area contributed by atoms with Crippen molar-refractivity contribution in [2.45, 2.75) is 25.8 Å². The molecule has 0 aliphatic carbocycles. The lowest BCUT2D eigenvalue weighted by molar-refractivity contribution is -0.133. The van der Waals surface area contributed by atoms with Gasteiger partial charge >= 0.3 is 0 Å². The van der Waals surface area contributed by atoms with Crippen LogP contribution < -0.4 is 11.3 Å². The number of nitrogen functional groups attached to an aromatic ring is 1. The van der Waals surface area contributed by atoms with Gasteiger partial charge in [-0.2, -0.15) is 0 Å². The molecule has 3 N–H and O–H groups in total. The molecule has 1 aromatic rings. The van der Waals surface area contributed by atoms with Crippen molar-refractivity contribution in [1.29, 1.82) is 0 Å². The molecule has 0 radical (unpaired) electrons. The molecule has 82 valence electrons. The smallest absolute Gasteiger partial charge is 0.222 e. The minimum absolute atomic E-state index is 0.192. The van der Waals surface area contributed by atoms with Crippen LogP contribution in [0.2, 0.25) is 0 Å². The molecule has 2 rings (SSSR count). The predicted molar refractivity (Wildman–Crippen MR) is 57.0 cm³/mol. The van der Waals surface area contributed by atoms with Gasteiger partial charge in [0.1, 0.15) is 10.7 Å². The van der Waals surface area contributed by atoms with Crippen LogP contribution in [0.4, 0.5) is 5.00 Å². The Morgan fingerprint density at radius 3 is 3.13 bits per heavy atom. The van der Waals surface area contributed by atoms with Gasteiger partial charge in [-0.05, 0) is 12.8 Å². The van der Waals surface area contributed by atoms with E-state index < -0.39 is 0 Å². The maximum absolute atomic E-state index is 11.5. The zero-order valence-electron chi connectivity index (χ0n) is 8.27. The van der Waals surface area contributed by atoms with Gasteiger partial charge in [0.05, 0.1) is 6.54 Å². The summed E-state index contributed by atoms with van der Waals surface area (Å²) in [4.78, 5) is 13.4. The van der Waals surface area contributed by atoms with Crippen molar-refractivity contribution in [2.75, 3.05) is 12.0 Å². The molecule has 7 heteroatoms. The summed E-state index contributed by atoms with van der Waals surface area (Å²) in [6.45, 7) is 1.31. The highest BCUT2D eigenvalue weighted by Gasteiger charge is 2.20. The number of carbonyl (C=O) groups is 1. The first-order valence-corrected chi connectivity index (χ1v) is 5.64. The van der Waals surface area contributed by atoms with E-state index in [0.717, 1.165) is 30.1 Å². The number of hydrogen-bond acceptors (Lipinski definition) is 6. The first kappa shape index (κ1) is 10.3. The third kappa shape index (κ3) is 2.24. The third-order valence-corrected chi connectivity index (χ3v) is 3.15. The zero-order valence-corrected chi connectivity index (χ0v) is 9.09. The van der Waals surface area contributed by atoms with E-state index in [4.69, 9.17) is 5.84 Å². The Morgan fingerprint density at radius 1 is 1.53 bits per heavy atom. The number of aromatic nitrogens is 2. The van der Waals surface area contributed by atoms with E-state index in [1.807, 2.05) is 0 Å². The summed E-state index contributed by atoms with van der Waals surface area (Å²) < 4.78 is 3.79. The van der Waals surface area contributed by atoms with Gasteiger partial charge in [-0.1, -0.05) is 4.49 Å². The number of carbonyl (C=O) groups excluding carboxylic acids is 1. The van der Waals surface area contributed by atoms with E-state index in [0.29, 0.717) is 13.0 Å². The van der Waals surface area contributed by atoms with E-state index in [2.05, 4.69) is 15.0 Å². The second-order valence-corrected chi connectivity index (χ2v) is 4.22. The van der Waals surface area contributed by atoms with Crippen LogP contribution in [0, 0.1) is 0 Å². The number of nitrogens with one attached hydrogen (secondary N) is 1. The van der Waals surface area contributed by atoms with Crippen LogP contribution in [-0.4, -0.2) is 26.9 Å². The largest absolute Gasteiger partial charge is 0.337 e. The van der Waals surface area contributed by atoms with Crippen LogP contribution in [0.25, 0.3) is 0 Å². The Balaban J connectivity index is 2.04. The molecule has 1 fully saturated rings. The fourth-order valence-electron chi connectivity index (χ4n) is 1.63. The number of piperidine rings is 1. The Kier molecular flexibility index (Phi) is 3.12. The second-order valence-electron chi connectivity index (χ2n) is 3.47. The topological polar surface area (TPSA) is 84.1 Å². The number of amides is 1. The fourth-order valence-corrected chi connectivity index (χ4v) is 2.12. The molecule has 0 spiro atoms. The number of rotatable bonds is 3. The van der Waals surface area contributed by atoms with E-state index >= 15 is 0 Å². The van der Waals surface area contributed by atoms with Crippen LogP contribution in [-0.2, 0) is 11.3 Å². The lowest BCUT2D eigenvalue weighted by Crippen LogP contribution is -2.35. The van der Waals surface area contributed by atoms with Crippen molar-refractivity contribution in [3.05, 3.63) is 5.69 Å². The number of likely N-dealkylation sites (tertiary alicyclic amines) is 1. The van der Waals surface area contributed by atoms with Crippen molar-refractivity contribution in [3.8, 4) is 0 Å². The highest BCUT2D eigenvalue weighted by Crippen LogP contribution is 2.20. The van der Waals surface area contributed by atoms with Crippen molar-refractivity contribution < 1.29 is 4.79 Å². The van der Waals surface area contributed by atoms with E-state index in [1.54, 1.807) is 4.90 Å². The molecular weight excluding hydrogens is 214 g/mol. The van der Waals surface area contributed by atoms with Crippen LogP contribution in [0.15, 0.2) is 0 Å². The summed E-state index contributed by atoms with van der Waals surface area (Å²) in [7, 11) is 0. The van der Waals surface area contributed by atoms with Crippen molar-refractivity contribution in [2.24, 2.45) is 5.84 Å². The number of hydrazine groups is 1. The molecule has 1 aliphatic heterocycles. The molecule has 0 bridgehead atoms. The lowest BCUT2D eigenvalue weighted by Gasteiger charge is -2.25. The van der Waals surface area contributed by atoms with Gasteiger partial charge in [0.15, 0.2) is 0 Å². The summed E-state index contributed by atoms with van der Waals surface area (Å²) in [5.41, 5.74) is 3.28. The molecule has 0 atom stereocenters. The number of nitrogens with two attached hydrogens (primary N) is 1. The molecule has 1 saturated heterocycles. The standard InChI is InChI=1S/C8H13N5OS/c9-10-8-6(11-12-15-8)5-13-4-2-1-3-7(13)14/h10H,1-5,9H2. The molecule has 1 aliphatic rings. The molecule has 1 amide bonds.